The molecule has 5 aromatic rings. The highest BCUT2D eigenvalue weighted by Crippen LogP contribution is 2.21. The molecule has 0 fully saturated rings. The van der Waals surface area contributed by atoms with Crippen LogP contribution in [-0.4, -0.2) is 35.9 Å². The van der Waals surface area contributed by atoms with Crippen LogP contribution < -0.4 is 5.32 Å². The average Bonchev–Trinajstić information content (AvgIpc) is 3.42. The minimum absolute atomic E-state index is 0.206. The van der Waals surface area contributed by atoms with Gasteiger partial charge in [-0.25, -0.2) is 0 Å². The SMILES string of the molecule is Cc1nc(-c2ccc(C(=O)Nc3ccc(-c4ccc5nncn5n4)cc3)cc2)no1. The van der Waals surface area contributed by atoms with Gasteiger partial charge in [-0.2, -0.15) is 14.6 Å². The monoisotopic (exact) mass is 397 g/mol. The summed E-state index contributed by atoms with van der Waals surface area (Å²) in [4.78, 5) is 16.7. The molecule has 1 N–H and O–H groups in total. The number of fused-ring (bicyclic) bond motifs is 1. The summed E-state index contributed by atoms with van der Waals surface area (Å²) >= 11 is 0. The summed E-state index contributed by atoms with van der Waals surface area (Å²) in [6.45, 7) is 1.73. The van der Waals surface area contributed by atoms with Crippen LogP contribution in [0.1, 0.15) is 16.2 Å². The van der Waals surface area contributed by atoms with Crippen LogP contribution in [0.2, 0.25) is 0 Å². The number of carbonyl (C=O) groups is 1. The number of amides is 1. The topological polar surface area (TPSA) is 111 Å². The summed E-state index contributed by atoms with van der Waals surface area (Å²) in [7, 11) is 0. The number of carbonyl (C=O) groups excluding carboxylic acids is 1. The molecule has 30 heavy (non-hydrogen) atoms. The van der Waals surface area contributed by atoms with Crippen molar-refractivity contribution in [2.45, 2.75) is 6.92 Å². The predicted molar refractivity (Wildman–Crippen MR) is 109 cm³/mol. The van der Waals surface area contributed by atoms with E-state index in [4.69, 9.17) is 4.52 Å². The van der Waals surface area contributed by atoms with Crippen LogP contribution in [0, 0.1) is 6.92 Å². The summed E-state index contributed by atoms with van der Waals surface area (Å²) in [6, 6.07) is 18.2. The van der Waals surface area contributed by atoms with E-state index in [0.29, 0.717) is 28.6 Å². The largest absolute Gasteiger partial charge is 0.339 e. The number of benzene rings is 2. The smallest absolute Gasteiger partial charge is 0.255 e. The molecule has 5 rings (SSSR count). The summed E-state index contributed by atoms with van der Waals surface area (Å²) in [5.41, 5.74) is 4.39. The molecule has 9 heteroatoms. The molecule has 9 nitrogen and oxygen atoms in total. The predicted octanol–water partition coefficient (Wildman–Crippen LogP) is 3.40. The molecule has 0 saturated heterocycles. The van der Waals surface area contributed by atoms with Crippen LogP contribution in [0.15, 0.2) is 71.5 Å². The van der Waals surface area contributed by atoms with Gasteiger partial charge in [0, 0.05) is 29.3 Å². The first-order chi connectivity index (χ1) is 14.7. The molecule has 0 saturated carbocycles. The van der Waals surface area contributed by atoms with Gasteiger partial charge in [-0.15, -0.1) is 10.2 Å². The Hall–Kier alpha value is -4.40. The maximum Gasteiger partial charge on any atom is 0.255 e. The van der Waals surface area contributed by atoms with Gasteiger partial charge in [0.25, 0.3) is 5.91 Å². The van der Waals surface area contributed by atoms with Crippen molar-refractivity contribution in [3.63, 3.8) is 0 Å². The zero-order valence-corrected chi connectivity index (χ0v) is 15.9. The van der Waals surface area contributed by atoms with E-state index < -0.39 is 0 Å². The molecule has 0 radical (unpaired) electrons. The van der Waals surface area contributed by atoms with Crippen LogP contribution in [0.25, 0.3) is 28.3 Å². The Morgan fingerprint density at radius 1 is 0.967 bits per heavy atom. The van der Waals surface area contributed by atoms with Crippen molar-refractivity contribution in [1.29, 1.82) is 0 Å². The lowest BCUT2D eigenvalue weighted by Gasteiger charge is -2.07. The van der Waals surface area contributed by atoms with Crippen molar-refractivity contribution in [3.8, 4) is 22.6 Å². The number of rotatable bonds is 4. The minimum Gasteiger partial charge on any atom is -0.339 e. The van der Waals surface area contributed by atoms with E-state index in [2.05, 4.69) is 30.8 Å². The van der Waals surface area contributed by atoms with E-state index in [-0.39, 0.29) is 5.91 Å². The van der Waals surface area contributed by atoms with Gasteiger partial charge in [0.05, 0.1) is 5.69 Å². The molecule has 146 valence electrons. The third kappa shape index (κ3) is 3.39. The lowest BCUT2D eigenvalue weighted by molar-refractivity contribution is 0.102. The van der Waals surface area contributed by atoms with Gasteiger partial charge < -0.3 is 9.84 Å². The summed E-state index contributed by atoms with van der Waals surface area (Å²) < 4.78 is 6.60. The lowest BCUT2D eigenvalue weighted by Crippen LogP contribution is -2.11. The second kappa shape index (κ2) is 7.21. The molecule has 3 aromatic heterocycles. The molecular weight excluding hydrogens is 382 g/mol. The number of nitrogens with zero attached hydrogens (tertiary/aromatic N) is 6. The average molecular weight is 397 g/mol. The Morgan fingerprint density at radius 3 is 2.47 bits per heavy atom. The van der Waals surface area contributed by atoms with Crippen molar-refractivity contribution in [2.24, 2.45) is 0 Å². The number of hydrogen-bond acceptors (Lipinski definition) is 7. The molecule has 0 spiro atoms. The van der Waals surface area contributed by atoms with Crippen molar-refractivity contribution < 1.29 is 9.32 Å². The van der Waals surface area contributed by atoms with Crippen molar-refractivity contribution in [3.05, 3.63) is 78.4 Å². The Morgan fingerprint density at radius 2 is 1.73 bits per heavy atom. The molecule has 0 bridgehead atoms. The first-order valence-corrected chi connectivity index (χ1v) is 9.15. The van der Waals surface area contributed by atoms with Gasteiger partial charge in [0.2, 0.25) is 11.7 Å². The summed E-state index contributed by atoms with van der Waals surface area (Å²) in [5.74, 6) is 0.781. The standard InChI is InChI=1S/C21H15N7O2/c1-13-23-20(27-30-13)15-2-4-16(5-3-15)21(29)24-17-8-6-14(7-9-17)18-10-11-19-25-22-12-28(19)26-18/h2-12H,1H3,(H,24,29). The zero-order chi connectivity index (χ0) is 20.5. The van der Waals surface area contributed by atoms with Gasteiger partial charge in [0.15, 0.2) is 5.65 Å². The van der Waals surface area contributed by atoms with Gasteiger partial charge in [-0.1, -0.05) is 29.4 Å². The molecule has 0 aliphatic carbocycles. The van der Waals surface area contributed by atoms with E-state index in [1.807, 2.05) is 36.4 Å². The number of hydrogen-bond donors (Lipinski definition) is 1. The highest BCUT2D eigenvalue weighted by atomic mass is 16.5. The van der Waals surface area contributed by atoms with Crippen LogP contribution in [0.3, 0.4) is 0 Å². The number of anilines is 1. The quantitative estimate of drug-likeness (QED) is 0.495. The van der Waals surface area contributed by atoms with Gasteiger partial charge in [-0.05, 0) is 36.4 Å². The van der Waals surface area contributed by atoms with E-state index in [1.165, 1.54) is 0 Å². The highest BCUT2D eigenvalue weighted by molar-refractivity contribution is 6.04. The maximum absolute atomic E-state index is 12.5. The first kappa shape index (κ1) is 17.7. The summed E-state index contributed by atoms with van der Waals surface area (Å²) in [6.07, 6.45) is 1.55. The Balaban J connectivity index is 1.30. The van der Waals surface area contributed by atoms with Crippen LogP contribution in [-0.2, 0) is 0 Å². The molecule has 0 aliphatic heterocycles. The van der Waals surface area contributed by atoms with Crippen molar-refractivity contribution >= 4 is 17.2 Å². The second-order valence-corrected chi connectivity index (χ2v) is 6.60. The Labute approximate surface area is 170 Å². The molecule has 0 aliphatic rings. The van der Waals surface area contributed by atoms with Gasteiger partial charge in [-0.3, -0.25) is 4.79 Å². The Bertz CT molecular complexity index is 1340. The fraction of sp³-hybridized carbons (Fsp3) is 0.0476. The zero-order valence-electron chi connectivity index (χ0n) is 15.9. The maximum atomic E-state index is 12.5. The minimum atomic E-state index is -0.206. The van der Waals surface area contributed by atoms with E-state index in [1.54, 1.807) is 42.0 Å². The fourth-order valence-corrected chi connectivity index (χ4v) is 3.00. The normalized spacial score (nSPS) is 11.0. The Kier molecular flexibility index (Phi) is 4.25. The van der Waals surface area contributed by atoms with Crippen molar-refractivity contribution in [1.82, 2.24) is 30.0 Å². The van der Waals surface area contributed by atoms with Crippen molar-refractivity contribution in [2.75, 3.05) is 5.32 Å². The number of aromatic nitrogens is 6. The number of aryl methyl sites for hydroxylation is 1. The van der Waals surface area contributed by atoms with E-state index >= 15 is 0 Å². The van der Waals surface area contributed by atoms with Crippen LogP contribution in [0.4, 0.5) is 5.69 Å². The van der Waals surface area contributed by atoms with Gasteiger partial charge in [0.1, 0.15) is 6.33 Å². The van der Waals surface area contributed by atoms with Crippen LogP contribution in [0.5, 0.6) is 0 Å². The molecule has 0 unspecified atom stereocenters. The molecular formula is C21H15N7O2. The van der Waals surface area contributed by atoms with Gasteiger partial charge >= 0.3 is 0 Å². The third-order valence-electron chi connectivity index (χ3n) is 4.53. The molecule has 2 aromatic carbocycles. The first-order valence-electron chi connectivity index (χ1n) is 9.15. The fourth-order valence-electron chi connectivity index (χ4n) is 3.00. The second-order valence-electron chi connectivity index (χ2n) is 6.60. The summed E-state index contributed by atoms with van der Waals surface area (Å²) in [5, 5.41) is 19.0. The van der Waals surface area contributed by atoms with E-state index in [0.717, 1.165) is 16.8 Å². The third-order valence-corrected chi connectivity index (χ3v) is 4.53. The molecule has 1 amide bonds. The van der Waals surface area contributed by atoms with Crippen LogP contribution >= 0.6 is 0 Å². The number of nitrogens with one attached hydrogen (secondary N) is 1. The molecule has 0 atom stereocenters. The highest BCUT2D eigenvalue weighted by Gasteiger charge is 2.10. The molecule has 3 heterocycles. The van der Waals surface area contributed by atoms with E-state index in [9.17, 15) is 4.79 Å². The lowest BCUT2D eigenvalue weighted by atomic mass is 10.1.